The van der Waals surface area contributed by atoms with E-state index in [4.69, 9.17) is 11.5 Å². The van der Waals surface area contributed by atoms with Gasteiger partial charge in [-0.25, -0.2) is 0 Å². The van der Waals surface area contributed by atoms with Crippen LogP contribution < -0.4 is 11.5 Å². The molecule has 0 aromatic rings. The third-order valence-corrected chi connectivity index (χ3v) is 2.00. The van der Waals surface area contributed by atoms with E-state index in [-0.39, 0.29) is 11.0 Å². The molecule has 2 nitrogen and oxygen atoms in total. The van der Waals surface area contributed by atoms with Crippen molar-refractivity contribution in [2.75, 3.05) is 6.54 Å². The second-order valence-electron chi connectivity index (χ2n) is 4.86. The Balaban J connectivity index is 3.70. The quantitative estimate of drug-likeness (QED) is 0.651. The Morgan fingerprint density at radius 1 is 1.00 bits per heavy atom. The highest BCUT2D eigenvalue weighted by Crippen LogP contribution is 2.23. The van der Waals surface area contributed by atoms with Crippen molar-refractivity contribution in [3.8, 4) is 0 Å². The number of hydrogen-bond acceptors (Lipinski definition) is 2. The SMILES string of the molecule is CC(C)(N)CCC(C)(C)CN. The van der Waals surface area contributed by atoms with E-state index < -0.39 is 0 Å². The lowest BCUT2D eigenvalue weighted by Gasteiger charge is -2.27. The molecule has 68 valence electrons. The average Bonchev–Trinajstić information content (AvgIpc) is 1.83. The van der Waals surface area contributed by atoms with E-state index in [9.17, 15) is 0 Å². The molecule has 0 spiro atoms. The maximum absolute atomic E-state index is 5.86. The second-order valence-corrected chi connectivity index (χ2v) is 4.86. The molecule has 4 N–H and O–H groups in total. The Kier molecular flexibility index (Phi) is 3.52. The lowest BCUT2D eigenvalue weighted by molar-refractivity contribution is 0.297. The molecule has 0 aromatic carbocycles. The van der Waals surface area contributed by atoms with Crippen molar-refractivity contribution in [2.24, 2.45) is 16.9 Å². The predicted molar refractivity (Wildman–Crippen MR) is 50.3 cm³/mol. The molecular formula is C9H22N2. The van der Waals surface area contributed by atoms with Gasteiger partial charge in [0.2, 0.25) is 0 Å². The van der Waals surface area contributed by atoms with Gasteiger partial charge in [-0.15, -0.1) is 0 Å². The van der Waals surface area contributed by atoms with E-state index in [1.807, 2.05) is 0 Å². The van der Waals surface area contributed by atoms with Crippen LogP contribution in [0.2, 0.25) is 0 Å². The van der Waals surface area contributed by atoms with Crippen LogP contribution in [-0.2, 0) is 0 Å². The molecule has 0 aliphatic rings. The first-order chi connectivity index (χ1) is 4.77. The third-order valence-electron chi connectivity index (χ3n) is 2.00. The topological polar surface area (TPSA) is 52.0 Å². The van der Waals surface area contributed by atoms with Gasteiger partial charge in [-0.05, 0) is 38.6 Å². The Morgan fingerprint density at radius 2 is 1.45 bits per heavy atom. The van der Waals surface area contributed by atoms with Crippen molar-refractivity contribution in [1.82, 2.24) is 0 Å². The van der Waals surface area contributed by atoms with Crippen molar-refractivity contribution in [3.63, 3.8) is 0 Å². The van der Waals surface area contributed by atoms with Gasteiger partial charge in [0.15, 0.2) is 0 Å². The molecule has 0 amide bonds. The van der Waals surface area contributed by atoms with Crippen LogP contribution in [0.15, 0.2) is 0 Å². The molecule has 0 radical (unpaired) electrons. The lowest BCUT2D eigenvalue weighted by Crippen LogP contribution is -2.35. The summed E-state index contributed by atoms with van der Waals surface area (Å²) < 4.78 is 0. The highest BCUT2D eigenvalue weighted by molar-refractivity contribution is 4.77. The zero-order valence-corrected chi connectivity index (χ0v) is 8.28. The standard InChI is InChI=1S/C9H22N2/c1-8(2,7-10)5-6-9(3,4)11/h5-7,10-11H2,1-4H3. The van der Waals surface area contributed by atoms with Crippen LogP contribution in [0.4, 0.5) is 0 Å². The summed E-state index contributed by atoms with van der Waals surface area (Å²) >= 11 is 0. The smallest absolute Gasteiger partial charge is 0.00972 e. The van der Waals surface area contributed by atoms with E-state index in [0.29, 0.717) is 0 Å². The first-order valence-corrected chi connectivity index (χ1v) is 4.26. The maximum atomic E-state index is 5.86. The summed E-state index contributed by atoms with van der Waals surface area (Å²) in [7, 11) is 0. The van der Waals surface area contributed by atoms with Crippen LogP contribution in [0.25, 0.3) is 0 Å². The average molecular weight is 158 g/mol. The molecule has 0 fully saturated rings. The summed E-state index contributed by atoms with van der Waals surface area (Å²) in [6.07, 6.45) is 2.14. The summed E-state index contributed by atoms with van der Waals surface area (Å²) in [4.78, 5) is 0. The van der Waals surface area contributed by atoms with Gasteiger partial charge in [0.05, 0.1) is 0 Å². The van der Waals surface area contributed by atoms with Crippen LogP contribution in [0.5, 0.6) is 0 Å². The Hall–Kier alpha value is -0.0800. The lowest BCUT2D eigenvalue weighted by atomic mass is 9.83. The molecule has 2 heteroatoms. The van der Waals surface area contributed by atoms with E-state index in [2.05, 4.69) is 27.7 Å². The summed E-state index contributed by atoms with van der Waals surface area (Å²) in [5, 5.41) is 0. The number of nitrogens with two attached hydrogens (primary N) is 2. The summed E-state index contributed by atoms with van der Waals surface area (Å²) in [6, 6.07) is 0. The summed E-state index contributed by atoms with van der Waals surface area (Å²) in [5.41, 5.74) is 11.6. The highest BCUT2D eigenvalue weighted by atomic mass is 14.7. The Morgan fingerprint density at radius 3 is 1.73 bits per heavy atom. The first-order valence-electron chi connectivity index (χ1n) is 4.26. The minimum Gasteiger partial charge on any atom is -0.330 e. The largest absolute Gasteiger partial charge is 0.330 e. The fourth-order valence-corrected chi connectivity index (χ4v) is 0.763. The van der Waals surface area contributed by atoms with Gasteiger partial charge in [0.25, 0.3) is 0 Å². The molecule has 0 unspecified atom stereocenters. The second kappa shape index (κ2) is 3.55. The summed E-state index contributed by atoms with van der Waals surface area (Å²) in [6.45, 7) is 9.21. The summed E-state index contributed by atoms with van der Waals surface area (Å²) in [5.74, 6) is 0. The van der Waals surface area contributed by atoms with Gasteiger partial charge in [0, 0.05) is 5.54 Å². The van der Waals surface area contributed by atoms with Crippen molar-refractivity contribution in [2.45, 2.75) is 46.1 Å². The van der Waals surface area contributed by atoms with E-state index in [1.54, 1.807) is 0 Å². The van der Waals surface area contributed by atoms with Gasteiger partial charge >= 0.3 is 0 Å². The van der Waals surface area contributed by atoms with E-state index in [0.717, 1.165) is 19.4 Å². The molecule has 0 atom stereocenters. The van der Waals surface area contributed by atoms with Gasteiger partial charge in [-0.1, -0.05) is 13.8 Å². The Labute approximate surface area is 70.3 Å². The molecule has 0 aromatic heterocycles. The van der Waals surface area contributed by atoms with Gasteiger partial charge < -0.3 is 11.5 Å². The van der Waals surface area contributed by atoms with Crippen molar-refractivity contribution in [1.29, 1.82) is 0 Å². The maximum Gasteiger partial charge on any atom is 0.00972 e. The van der Waals surface area contributed by atoms with Crippen LogP contribution >= 0.6 is 0 Å². The van der Waals surface area contributed by atoms with Crippen LogP contribution in [0.1, 0.15) is 40.5 Å². The number of hydrogen-bond donors (Lipinski definition) is 2. The molecule has 0 heterocycles. The highest BCUT2D eigenvalue weighted by Gasteiger charge is 2.19. The molecule has 0 saturated heterocycles. The van der Waals surface area contributed by atoms with Crippen LogP contribution in [0, 0.1) is 5.41 Å². The monoisotopic (exact) mass is 158 g/mol. The van der Waals surface area contributed by atoms with Crippen molar-refractivity contribution < 1.29 is 0 Å². The number of rotatable bonds is 4. The molecular weight excluding hydrogens is 136 g/mol. The normalized spacial score (nSPS) is 13.6. The van der Waals surface area contributed by atoms with E-state index >= 15 is 0 Å². The predicted octanol–water partition coefficient (Wildman–Crippen LogP) is 1.49. The minimum absolute atomic E-state index is 0.0492. The fraction of sp³-hybridized carbons (Fsp3) is 1.00. The molecule has 0 rings (SSSR count). The molecule has 0 saturated carbocycles. The molecule has 0 aliphatic heterocycles. The zero-order valence-electron chi connectivity index (χ0n) is 8.28. The molecule has 11 heavy (non-hydrogen) atoms. The van der Waals surface area contributed by atoms with Gasteiger partial charge in [-0.3, -0.25) is 0 Å². The van der Waals surface area contributed by atoms with Gasteiger partial charge in [-0.2, -0.15) is 0 Å². The van der Waals surface area contributed by atoms with E-state index in [1.165, 1.54) is 0 Å². The molecule has 0 aliphatic carbocycles. The first kappa shape index (κ1) is 10.9. The van der Waals surface area contributed by atoms with Crippen molar-refractivity contribution in [3.05, 3.63) is 0 Å². The third kappa shape index (κ3) is 6.32. The Bertz CT molecular complexity index is 111. The minimum atomic E-state index is -0.0492. The van der Waals surface area contributed by atoms with Gasteiger partial charge in [0.1, 0.15) is 0 Å². The van der Waals surface area contributed by atoms with Crippen molar-refractivity contribution >= 4 is 0 Å². The molecule has 0 bridgehead atoms. The fourth-order valence-electron chi connectivity index (χ4n) is 0.763. The van der Waals surface area contributed by atoms with Crippen LogP contribution in [0.3, 0.4) is 0 Å². The zero-order chi connectivity index (χ0) is 9.12. The van der Waals surface area contributed by atoms with Crippen LogP contribution in [-0.4, -0.2) is 12.1 Å².